The SMILES string of the molecule is N#Cc1cc(Br)cc(Nc2nc(NCCN3CCC(O)CC3)nc3c2ncn3C2CC2)c1. The van der Waals surface area contributed by atoms with Crippen molar-refractivity contribution < 1.29 is 5.11 Å². The number of aliphatic hydroxyl groups excluding tert-OH is 1. The summed E-state index contributed by atoms with van der Waals surface area (Å²) in [5.41, 5.74) is 2.84. The Hall–Kier alpha value is -2.74. The van der Waals surface area contributed by atoms with E-state index in [1.807, 2.05) is 12.4 Å². The maximum absolute atomic E-state index is 9.69. The summed E-state index contributed by atoms with van der Waals surface area (Å²) in [6, 6.07) is 8.09. The average Bonchev–Trinajstić information content (AvgIpc) is 3.53. The molecule has 10 heteroatoms. The van der Waals surface area contributed by atoms with Crippen molar-refractivity contribution in [3.63, 3.8) is 0 Å². The molecule has 32 heavy (non-hydrogen) atoms. The highest BCUT2D eigenvalue weighted by Crippen LogP contribution is 2.38. The first-order valence-electron chi connectivity index (χ1n) is 11.0. The van der Waals surface area contributed by atoms with Crippen molar-refractivity contribution >= 4 is 44.5 Å². The van der Waals surface area contributed by atoms with Gasteiger partial charge in [-0.05, 0) is 43.9 Å². The number of aromatic nitrogens is 4. The average molecular weight is 497 g/mol. The number of likely N-dealkylation sites (tertiary alicyclic amines) is 1. The summed E-state index contributed by atoms with van der Waals surface area (Å²) in [6.07, 6.45) is 5.61. The molecule has 166 valence electrons. The highest BCUT2D eigenvalue weighted by Gasteiger charge is 2.27. The molecule has 5 rings (SSSR count). The molecule has 1 saturated carbocycles. The third kappa shape index (κ3) is 4.70. The molecule has 1 saturated heterocycles. The van der Waals surface area contributed by atoms with Crippen molar-refractivity contribution in [1.82, 2.24) is 24.4 Å². The van der Waals surface area contributed by atoms with Gasteiger partial charge in [-0.25, -0.2) is 4.98 Å². The molecule has 9 nitrogen and oxygen atoms in total. The number of nitrogens with one attached hydrogen (secondary N) is 2. The number of hydrogen-bond acceptors (Lipinski definition) is 8. The van der Waals surface area contributed by atoms with E-state index in [0.29, 0.717) is 35.4 Å². The lowest BCUT2D eigenvalue weighted by Gasteiger charge is -2.29. The van der Waals surface area contributed by atoms with Gasteiger partial charge in [0.15, 0.2) is 17.0 Å². The lowest BCUT2D eigenvalue weighted by atomic mass is 10.1. The van der Waals surface area contributed by atoms with Gasteiger partial charge < -0.3 is 25.2 Å². The Kier molecular flexibility index (Phi) is 5.95. The molecule has 2 fully saturated rings. The van der Waals surface area contributed by atoms with Gasteiger partial charge in [0.25, 0.3) is 0 Å². The summed E-state index contributed by atoms with van der Waals surface area (Å²) in [5, 5.41) is 25.7. The number of halogens is 1. The van der Waals surface area contributed by atoms with Crippen molar-refractivity contribution in [2.75, 3.05) is 36.8 Å². The van der Waals surface area contributed by atoms with E-state index in [9.17, 15) is 10.4 Å². The number of fused-ring (bicyclic) bond motifs is 1. The van der Waals surface area contributed by atoms with E-state index in [-0.39, 0.29) is 6.10 Å². The standard InChI is InChI=1S/C22H25BrN8O/c23-15-9-14(12-24)10-16(11-15)27-20-19-21(31(13-26-19)17-1-2-17)29-22(28-20)25-5-8-30-6-3-18(32)4-7-30/h9-11,13,17-18,32H,1-8H2,(H2,25,27,28,29). The molecule has 0 bridgehead atoms. The Labute approximate surface area is 194 Å². The normalized spacial score (nSPS) is 17.4. The second kappa shape index (κ2) is 9.02. The molecule has 0 atom stereocenters. The van der Waals surface area contributed by atoms with Crippen LogP contribution in [-0.2, 0) is 0 Å². The van der Waals surface area contributed by atoms with Gasteiger partial charge in [-0.2, -0.15) is 15.2 Å². The van der Waals surface area contributed by atoms with Gasteiger partial charge in [0.2, 0.25) is 5.95 Å². The highest BCUT2D eigenvalue weighted by atomic mass is 79.9. The van der Waals surface area contributed by atoms with E-state index >= 15 is 0 Å². The van der Waals surface area contributed by atoms with Gasteiger partial charge in [-0.1, -0.05) is 15.9 Å². The van der Waals surface area contributed by atoms with E-state index in [1.165, 1.54) is 0 Å². The van der Waals surface area contributed by atoms with Crippen molar-refractivity contribution in [3.05, 3.63) is 34.6 Å². The summed E-state index contributed by atoms with van der Waals surface area (Å²) in [5.74, 6) is 1.16. The zero-order valence-electron chi connectivity index (χ0n) is 17.6. The fourth-order valence-electron chi connectivity index (χ4n) is 4.03. The third-order valence-electron chi connectivity index (χ3n) is 5.92. The monoisotopic (exact) mass is 496 g/mol. The lowest BCUT2D eigenvalue weighted by molar-refractivity contribution is 0.0845. The Morgan fingerprint density at radius 1 is 1.16 bits per heavy atom. The number of aliphatic hydroxyl groups is 1. The van der Waals surface area contributed by atoms with E-state index in [2.05, 4.69) is 47.1 Å². The molecule has 1 aliphatic carbocycles. The number of hydrogen-bond donors (Lipinski definition) is 3. The lowest BCUT2D eigenvalue weighted by Crippen LogP contribution is -2.38. The van der Waals surface area contributed by atoms with Crippen molar-refractivity contribution in [2.45, 2.75) is 37.8 Å². The number of nitriles is 1. The first-order valence-corrected chi connectivity index (χ1v) is 11.7. The highest BCUT2D eigenvalue weighted by molar-refractivity contribution is 9.10. The minimum Gasteiger partial charge on any atom is -0.393 e. The first kappa shape index (κ1) is 21.1. The van der Waals surface area contributed by atoms with Crippen LogP contribution in [0.25, 0.3) is 11.2 Å². The number of piperidine rings is 1. The van der Waals surface area contributed by atoms with Crippen LogP contribution in [0.5, 0.6) is 0 Å². The summed E-state index contributed by atoms with van der Waals surface area (Å²) in [7, 11) is 0. The molecule has 0 unspecified atom stereocenters. The molecule has 2 aliphatic rings. The summed E-state index contributed by atoms with van der Waals surface area (Å²) in [6.45, 7) is 3.41. The molecule has 0 amide bonds. The van der Waals surface area contributed by atoms with Crippen LogP contribution in [0.15, 0.2) is 29.0 Å². The van der Waals surface area contributed by atoms with Crippen LogP contribution < -0.4 is 10.6 Å². The van der Waals surface area contributed by atoms with Crippen LogP contribution in [0.2, 0.25) is 0 Å². The second-order valence-electron chi connectivity index (χ2n) is 8.42. The Bertz CT molecular complexity index is 1160. The molecule has 1 aliphatic heterocycles. The van der Waals surface area contributed by atoms with Gasteiger partial charge in [0.1, 0.15) is 0 Å². The minimum atomic E-state index is -0.166. The minimum absolute atomic E-state index is 0.166. The fraction of sp³-hybridized carbons (Fsp3) is 0.455. The van der Waals surface area contributed by atoms with Gasteiger partial charge in [-0.3, -0.25) is 0 Å². The first-order chi connectivity index (χ1) is 15.6. The van der Waals surface area contributed by atoms with Crippen LogP contribution in [0.3, 0.4) is 0 Å². The smallest absolute Gasteiger partial charge is 0.226 e. The fourth-order valence-corrected chi connectivity index (χ4v) is 4.53. The van der Waals surface area contributed by atoms with Crippen LogP contribution >= 0.6 is 15.9 Å². The quantitative estimate of drug-likeness (QED) is 0.455. The van der Waals surface area contributed by atoms with Crippen LogP contribution in [0.4, 0.5) is 17.5 Å². The molecular formula is C22H25BrN8O. The molecule has 0 spiro atoms. The van der Waals surface area contributed by atoms with Crippen LogP contribution in [-0.4, -0.2) is 61.8 Å². The molecule has 3 N–H and O–H groups in total. The molecule has 3 aromatic rings. The van der Waals surface area contributed by atoms with Crippen LogP contribution in [0.1, 0.15) is 37.3 Å². The zero-order valence-corrected chi connectivity index (χ0v) is 19.2. The van der Waals surface area contributed by atoms with Gasteiger partial charge >= 0.3 is 0 Å². The third-order valence-corrected chi connectivity index (χ3v) is 6.38. The molecule has 3 heterocycles. The summed E-state index contributed by atoms with van der Waals surface area (Å²) >= 11 is 3.46. The molecular weight excluding hydrogens is 472 g/mol. The Morgan fingerprint density at radius 2 is 1.97 bits per heavy atom. The maximum atomic E-state index is 9.69. The van der Waals surface area contributed by atoms with Gasteiger partial charge in [0, 0.05) is 42.4 Å². The van der Waals surface area contributed by atoms with Gasteiger partial charge in [0.05, 0.1) is 24.1 Å². The molecule has 2 aromatic heterocycles. The summed E-state index contributed by atoms with van der Waals surface area (Å²) in [4.78, 5) is 16.4. The topological polar surface area (TPSA) is 115 Å². The number of imidazole rings is 1. The van der Waals surface area contributed by atoms with E-state index in [4.69, 9.17) is 9.97 Å². The number of benzene rings is 1. The van der Waals surface area contributed by atoms with Gasteiger partial charge in [-0.15, -0.1) is 0 Å². The van der Waals surface area contributed by atoms with E-state index in [1.54, 1.807) is 12.1 Å². The number of rotatable bonds is 7. The second-order valence-corrected chi connectivity index (χ2v) is 9.33. The molecule has 0 radical (unpaired) electrons. The zero-order chi connectivity index (χ0) is 22.1. The maximum Gasteiger partial charge on any atom is 0.226 e. The summed E-state index contributed by atoms with van der Waals surface area (Å²) < 4.78 is 2.94. The van der Waals surface area contributed by atoms with Crippen molar-refractivity contribution in [2.24, 2.45) is 0 Å². The van der Waals surface area contributed by atoms with E-state index < -0.39 is 0 Å². The molecule has 1 aromatic carbocycles. The predicted molar refractivity (Wildman–Crippen MR) is 126 cm³/mol. The Morgan fingerprint density at radius 3 is 2.72 bits per heavy atom. The van der Waals surface area contributed by atoms with Crippen molar-refractivity contribution in [1.29, 1.82) is 5.26 Å². The number of nitrogens with zero attached hydrogens (tertiary/aromatic N) is 6. The Balaban J connectivity index is 1.39. The van der Waals surface area contributed by atoms with Crippen molar-refractivity contribution in [3.8, 4) is 6.07 Å². The number of anilines is 3. The van der Waals surface area contributed by atoms with Crippen LogP contribution in [0, 0.1) is 11.3 Å². The van der Waals surface area contributed by atoms with E-state index in [0.717, 1.165) is 61.1 Å². The predicted octanol–water partition coefficient (Wildman–Crippen LogP) is 3.41. The largest absolute Gasteiger partial charge is 0.393 e.